The topological polar surface area (TPSA) is 0 Å². The molecule has 0 saturated carbocycles. The molecule has 0 fully saturated rings. The second-order valence-electron chi connectivity index (χ2n) is 4.72. The normalized spacial score (nSPS) is 10.8. The molecule has 0 saturated heterocycles. The third-order valence-corrected chi connectivity index (χ3v) is 1.86. The number of benzene rings is 1. The summed E-state index contributed by atoms with van der Waals surface area (Å²) in [6, 6.07) is 8.81. The minimum atomic E-state index is 0. The summed E-state index contributed by atoms with van der Waals surface area (Å²) < 4.78 is 0. The molecule has 0 aliphatic heterocycles. The van der Waals surface area contributed by atoms with Crippen molar-refractivity contribution in [2.75, 3.05) is 0 Å². The second kappa shape index (κ2) is 5.01. The minimum absolute atomic E-state index is 0. The maximum Gasteiger partial charge on any atom is 2.00 e. The van der Waals surface area contributed by atoms with Crippen molar-refractivity contribution >= 4 is 23.1 Å². The average molecular weight is 189 g/mol. The predicted molar refractivity (Wildman–Crippen MR) is 62.3 cm³/mol. The Kier molecular flexibility index (Phi) is 5.01. The Morgan fingerprint density at radius 3 is 1.92 bits per heavy atom. The zero-order chi connectivity index (χ0) is 9.19. The van der Waals surface area contributed by atoms with Crippen LogP contribution in [-0.4, -0.2) is 23.1 Å². The van der Waals surface area contributed by atoms with E-state index in [2.05, 4.69) is 52.0 Å². The smallest absolute Gasteiger partial charge is 1.00 e. The molecule has 0 amide bonds. The molecule has 1 heteroatoms. The van der Waals surface area contributed by atoms with Crippen LogP contribution < -0.4 is 0 Å². The molecule has 0 spiro atoms. The summed E-state index contributed by atoms with van der Waals surface area (Å²) in [5.41, 5.74) is 3.18. The molecule has 1 aromatic rings. The number of aryl methyl sites for hydroxylation is 1. The molecule has 1 rings (SSSR count). The van der Waals surface area contributed by atoms with Crippen LogP contribution in [0.25, 0.3) is 0 Å². The Morgan fingerprint density at radius 2 is 1.54 bits per heavy atom. The van der Waals surface area contributed by atoms with Gasteiger partial charge in [0.05, 0.1) is 0 Å². The first-order valence-electron chi connectivity index (χ1n) is 4.53. The van der Waals surface area contributed by atoms with Gasteiger partial charge in [0.25, 0.3) is 0 Å². The van der Waals surface area contributed by atoms with Gasteiger partial charge >= 0.3 is 23.1 Å². The van der Waals surface area contributed by atoms with Crippen molar-refractivity contribution < 1.29 is 2.85 Å². The van der Waals surface area contributed by atoms with E-state index in [1.165, 1.54) is 11.1 Å². The zero-order valence-electron chi connectivity index (χ0n) is 11.2. The third kappa shape index (κ3) is 5.32. The van der Waals surface area contributed by atoms with E-state index < -0.39 is 0 Å². The monoisotopic (exact) mass is 188 g/mol. The van der Waals surface area contributed by atoms with Gasteiger partial charge in [0.1, 0.15) is 0 Å². The van der Waals surface area contributed by atoms with E-state index in [1.54, 1.807) is 0 Å². The number of hydrogen-bond donors (Lipinski definition) is 0. The van der Waals surface area contributed by atoms with Crippen molar-refractivity contribution in [2.24, 2.45) is 5.41 Å². The van der Waals surface area contributed by atoms with Gasteiger partial charge in [-0.2, -0.15) is 0 Å². The molecule has 0 unspecified atom stereocenters. The molecule has 0 bridgehead atoms. The van der Waals surface area contributed by atoms with E-state index in [0.717, 1.165) is 6.42 Å². The first-order chi connectivity index (χ1) is 5.47. The molecule has 0 heterocycles. The Morgan fingerprint density at radius 1 is 1.08 bits per heavy atom. The molecule has 0 aromatic heterocycles. The Balaban J connectivity index is -0.000000480. The molecule has 13 heavy (non-hydrogen) atoms. The molecule has 1 aromatic carbocycles. The molecular formula is C12H20Mg. The molecule has 0 radical (unpaired) electrons. The fraction of sp³-hybridized carbons (Fsp3) is 0.500. The number of hydrogen-bond acceptors (Lipinski definition) is 0. The molecule has 0 nitrogen and oxygen atoms in total. The van der Waals surface area contributed by atoms with Gasteiger partial charge in [-0.1, -0.05) is 50.6 Å². The van der Waals surface area contributed by atoms with Gasteiger partial charge in [-0.3, -0.25) is 0 Å². The summed E-state index contributed by atoms with van der Waals surface area (Å²) >= 11 is 0. The SMILES string of the molecule is Cc1ccc(CC(C)(C)C)cc1.[H-].[H-].[Mg+2]. The van der Waals surface area contributed by atoms with Gasteiger partial charge in [0.15, 0.2) is 0 Å². The van der Waals surface area contributed by atoms with Crippen LogP contribution in [0.3, 0.4) is 0 Å². The first kappa shape index (κ1) is 13.0. The minimum Gasteiger partial charge on any atom is -1.00 e. The summed E-state index contributed by atoms with van der Waals surface area (Å²) in [6.45, 7) is 8.94. The maximum absolute atomic E-state index is 2.27. The standard InChI is InChI=1S/C12H18.Mg.2H/c1-10-5-7-11(8-6-10)9-12(2,3)4;;;/h5-8H,9H2,1-4H3;;;/q;+2;2*-1. The summed E-state index contributed by atoms with van der Waals surface area (Å²) in [4.78, 5) is 0. The van der Waals surface area contributed by atoms with Crippen LogP contribution >= 0.6 is 0 Å². The van der Waals surface area contributed by atoms with Crippen molar-refractivity contribution in [2.45, 2.75) is 34.1 Å². The fourth-order valence-corrected chi connectivity index (χ4v) is 1.32. The average Bonchev–Trinajstić information content (AvgIpc) is 1.91. The van der Waals surface area contributed by atoms with Gasteiger partial charge in [0, 0.05) is 0 Å². The van der Waals surface area contributed by atoms with E-state index in [1.807, 2.05) is 0 Å². The molecule has 70 valence electrons. The largest absolute Gasteiger partial charge is 2.00 e. The quantitative estimate of drug-likeness (QED) is 0.593. The predicted octanol–water partition coefficient (Wildman–Crippen LogP) is 3.43. The van der Waals surface area contributed by atoms with Gasteiger partial charge in [-0.25, -0.2) is 0 Å². The Bertz CT molecular complexity index is 249. The van der Waals surface area contributed by atoms with Crippen molar-refractivity contribution in [3.63, 3.8) is 0 Å². The summed E-state index contributed by atoms with van der Waals surface area (Å²) in [7, 11) is 0. The fourth-order valence-electron chi connectivity index (χ4n) is 1.32. The van der Waals surface area contributed by atoms with Crippen molar-refractivity contribution in [3.05, 3.63) is 35.4 Å². The molecule has 0 aliphatic rings. The van der Waals surface area contributed by atoms with Gasteiger partial charge in [0.2, 0.25) is 0 Å². The summed E-state index contributed by atoms with van der Waals surface area (Å²) in [6.07, 6.45) is 1.16. The number of rotatable bonds is 1. The summed E-state index contributed by atoms with van der Waals surface area (Å²) in [5, 5.41) is 0. The van der Waals surface area contributed by atoms with Crippen LogP contribution in [0, 0.1) is 12.3 Å². The van der Waals surface area contributed by atoms with Crippen LogP contribution in [0.2, 0.25) is 0 Å². The van der Waals surface area contributed by atoms with E-state index in [9.17, 15) is 0 Å². The van der Waals surface area contributed by atoms with Gasteiger partial charge < -0.3 is 2.85 Å². The van der Waals surface area contributed by atoms with Crippen LogP contribution in [0.4, 0.5) is 0 Å². The first-order valence-corrected chi connectivity index (χ1v) is 4.53. The van der Waals surface area contributed by atoms with Crippen LogP contribution in [0.5, 0.6) is 0 Å². The Hall–Kier alpha value is -0.0138. The van der Waals surface area contributed by atoms with E-state index >= 15 is 0 Å². The van der Waals surface area contributed by atoms with Crippen molar-refractivity contribution in [1.29, 1.82) is 0 Å². The van der Waals surface area contributed by atoms with Crippen molar-refractivity contribution in [3.8, 4) is 0 Å². The van der Waals surface area contributed by atoms with Crippen LogP contribution in [0.15, 0.2) is 24.3 Å². The van der Waals surface area contributed by atoms with Crippen LogP contribution in [-0.2, 0) is 6.42 Å². The van der Waals surface area contributed by atoms with Crippen LogP contribution in [0.1, 0.15) is 34.8 Å². The van der Waals surface area contributed by atoms with E-state index in [0.29, 0.717) is 5.41 Å². The maximum atomic E-state index is 2.27. The van der Waals surface area contributed by atoms with Crippen molar-refractivity contribution in [1.82, 2.24) is 0 Å². The third-order valence-electron chi connectivity index (χ3n) is 1.86. The van der Waals surface area contributed by atoms with Gasteiger partial charge in [-0.15, -0.1) is 0 Å². The Labute approximate surface area is 101 Å². The molecule has 0 N–H and O–H groups in total. The zero-order valence-corrected chi connectivity index (χ0v) is 10.6. The molecular weight excluding hydrogens is 168 g/mol. The van der Waals surface area contributed by atoms with E-state index in [-0.39, 0.29) is 25.9 Å². The van der Waals surface area contributed by atoms with E-state index in [4.69, 9.17) is 0 Å². The molecule has 0 atom stereocenters. The second-order valence-corrected chi connectivity index (χ2v) is 4.72. The summed E-state index contributed by atoms with van der Waals surface area (Å²) in [5.74, 6) is 0. The molecule has 0 aliphatic carbocycles. The van der Waals surface area contributed by atoms with Gasteiger partial charge in [-0.05, 0) is 24.3 Å².